The van der Waals surface area contributed by atoms with E-state index >= 15 is 0 Å². The normalized spacial score (nSPS) is 10.6. The highest BCUT2D eigenvalue weighted by atomic mass is 16.5. The minimum atomic E-state index is -0.459. The summed E-state index contributed by atoms with van der Waals surface area (Å²) in [5, 5.41) is 19.0. The summed E-state index contributed by atoms with van der Waals surface area (Å²) in [4.78, 5) is 12.1. The molecule has 0 amide bonds. The van der Waals surface area contributed by atoms with Gasteiger partial charge in [-0.25, -0.2) is 4.79 Å². The van der Waals surface area contributed by atoms with Gasteiger partial charge in [0.15, 0.2) is 11.5 Å². The molecular weight excluding hydrogens is 504 g/mol. The Morgan fingerprint density at radius 1 is 0.550 bits per heavy atom. The molecule has 5 aromatic carbocycles. The van der Waals surface area contributed by atoms with Crippen LogP contribution in [0.5, 0.6) is 23.0 Å². The first-order valence-electron chi connectivity index (χ1n) is 12.7. The molecule has 0 saturated carbocycles. The van der Waals surface area contributed by atoms with Gasteiger partial charge in [0.2, 0.25) is 0 Å². The van der Waals surface area contributed by atoms with Crippen molar-refractivity contribution in [1.29, 1.82) is 0 Å². The Morgan fingerprint density at radius 3 is 1.38 bits per heavy atom. The smallest absolute Gasteiger partial charge is 0.337 e. The minimum absolute atomic E-state index is 0.229. The largest absolute Gasteiger partial charge is 0.508 e. The average molecular weight is 533 g/mol. The van der Waals surface area contributed by atoms with Crippen molar-refractivity contribution in [2.24, 2.45) is 0 Å². The zero-order valence-corrected chi connectivity index (χ0v) is 21.9. The third-order valence-corrected chi connectivity index (χ3v) is 6.46. The molecule has 0 aliphatic heterocycles. The van der Waals surface area contributed by atoms with Crippen LogP contribution in [0.1, 0.15) is 21.5 Å². The Bertz CT molecular complexity index is 1570. The number of aromatic hydroxyl groups is 2. The summed E-state index contributed by atoms with van der Waals surface area (Å²) in [6.07, 6.45) is 0. The van der Waals surface area contributed by atoms with Gasteiger partial charge < -0.3 is 24.4 Å². The number of esters is 1. The van der Waals surface area contributed by atoms with Gasteiger partial charge in [-0.2, -0.15) is 0 Å². The molecular formula is C34H28O6. The number of phenols is 2. The molecule has 0 spiro atoms. The van der Waals surface area contributed by atoms with Crippen LogP contribution in [0.15, 0.2) is 115 Å². The maximum atomic E-state index is 12.1. The Balaban J connectivity index is 1.28. The molecule has 0 heterocycles. The molecule has 200 valence electrons. The lowest BCUT2D eigenvalue weighted by atomic mass is 10.0. The van der Waals surface area contributed by atoms with Crippen molar-refractivity contribution in [3.05, 3.63) is 132 Å². The van der Waals surface area contributed by atoms with Crippen molar-refractivity contribution in [2.45, 2.75) is 13.2 Å². The Morgan fingerprint density at radius 2 is 0.950 bits per heavy atom. The van der Waals surface area contributed by atoms with Gasteiger partial charge in [-0.3, -0.25) is 0 Å². The zero-order valence-electron chi connectivity index (χ0n) is 21.9. The van der Waals surface area contributed by atoms with Gasteiger partial charge in [-0.1, -0.05) is 72.8 Å². The van der Waals surface area contributed by atoms with E-state index in [1.165, 1.54) is 7.11 Å². The summed E-state index contributed by atoms with van der Waals surface area (Å²) in [6, 6.07) is 35.0. The molecule has 0 bridgehead atoms. The standard InChI is InChI=1S/C34H28O6/c1-38-34(37)29-14-19-32(39-21-23-2-6-25(7-3-23)27-10-15-30(35)16-11-27)33(20-29)40-22-24-4-8-26(9-5-24)28-12-17-31(36)18-13-28/h2-20,35-36H,21-22H2,1H3. The predicted molar refractivity (Wildman–Crippen MR) is 154 cm³/mol. The van der Waals surface area contributed by atoms with E-state index in [0.29, 0.717) is 23.7 Å². The lowest BCUT2D eigenvalue weighted by Gasteiger charge is -2.15. The number of rotatable bonds is 9. The summed E-state index contributed by atoms with van der Waals surface area (Å²) in [5.41, 5.74) is 6.35. The summed E-state index contributed by atoms with van der Waals surface area (Å²) in [5.74, 6) is 0.949. The van der Waals surface area contributed by atoms with Crippen LogP contribution in [0.25, 0.3) is 22.3 Å². The summed E-state index contributed by atoms with van der Waals surface area (Å²) in [7, 11) is 1.34. The molecule has 0 radical (unpaired) electrons. The number of carbonyl (C=O) groups excluding carboxylic acids is 1. The van der Waals surface area contributed by atoms with Crippen LogP contribution in [0.4, 0.5) is 0 Å². The fraction of sp³-hybridized carbons (Fsp3) is 0.0882. The summed E-state index contributed by atoms with van der Waals surface area (Å²) >= 11 is 0. The molecule has 0 unspecified atom stereocenters. The summed E-state index contributed by atoms with van der Waals surface area (Å²) in [6.45, 7) is 0.587. The first-order valence-corrected chi connectivity index (χ1v) is 12.7. The molecule has 6 heteroatoms. The maximum Gasteiger partial charge on any atom is 0.337 e. The molecule has 5 aromatic rings. The van der Waals surface area contributed by atoms with Crippen molar-refractivity contribution < 1.29 is 29.2 Å². The van der Waals surface area contributed by atoms with Crippen LogP contribution in [0.2, 0.25) is 0 Å². The monoisotopic (exact) mass is 532 g/mol. The van der Waals surface area contributed by atoms with Crippen LogP contribution < -0.4 is 9.47 Å². The maximum absolute atomic E-state index is 12.1. The first kappa shape index (κ1) is 26.4. The van der Waals surface area contributed by atoms with E-state index in [2.05, 4.69) is 0 Å². The average Bonchev–Trinajstić information content (AvgIpc) is 3.00. The van der Waals surface area contributed by atoms with Crippen LogP contribution in [-0.4, -0.2) is 23.3 Å². The Labute approximate surface area is 232 Å². The molecule has 0 fully saturated rings. The van der Waals surface area contributed by atoms with E-state index in [-0.39, 0.29) is 18.1 Å². The SMILES string of the molecule is COC(=O)c1ccc(OCc2ccc(-c3ccc(O)cc3)cc2)c(OCc2ccc(-c3ccc(O)cc3)cc2)c1. The lowest BCUT2D eigenvalue weighted by Crippen LogP contribution is -2.05. The van der Waals surface area contributed by atoms with E-state index in [9.17, 15) is 15.0 Å². The van der Waals surface area contributed by atoms with Crippen molar-refractivity contribution in [2.75, 3.05) is 7.11 Å². The van der Waals surface area contributed by atoms with Crippen LogP contribution >= 0.6 is 0 Å². The zero-order chi connectivity index (χ0) is 27.9. The van der Waals surface area contributed by atoms with Crippen molar-refractivity contribution in [3.8, 4) is 45.3 Å². The topological polar surface area (TPSA) is 85.2 Å². The number of hydrogen-bond donors (Lipinski definition) is 2. The van der Waals surface area contributed by atoms with Gasteiger partial charge in [-0.15, -0.1) is 0 Å². The highest BCUT2D eigenvalue weighted by molar-refractivity contribution is 5.90. The Kier molecular flexibility index (Phi) is 7.97. The van der Waals surface area contributed by atoms with Crippen LogP contribution in [0, 0.1) is 0 Å². The molecule has 6 nitrogen and oxygen atoms in total. The fourth-order valence-corrected chi connectivity index (χ4v) is 4.20. The van der Waals surface area contributed by atoms with E-state index in [4.69, 9.17) is 14.2 Å². The van der Waals surface area contributed by atoms with E-state index in [1.54, 1.807) is 42.5 Å². The van der Waals surface area contributed by atoms with Gasteiger partial charge in [0.05, 0.1) is 12.7 Å². The molecule has 0 aliphatic carbocycles. The highest BCUT2D eigenvalue weighted by Gasteiger charge is 2.13. The van der Waals surface area contributed by atoms with Gasteiger partial charge in [0.1, 0.15) is 24.7 Å². The predicted octanol–water partition coefficient (Wildman–Crippen LogP) is 7.38. The molecule has 2 N–H and O–H groups in total. The van der Waals surface area contributed by atoms with Crippen LogP contribution in [0.3, 0.4) is 0 Å². The molecule has 0 saturated heterocycles. The lowest BCUT2D eigenvalue weighted by molar-refractivity contribution is 0.0600. The van der Waals surface area contributed by atoms with Crippen molar-refractivity contribution >= 4 is 5.97 Å². The van der Waals surface area contributed by atoms with E-state index in [1.807, 2.05) is 72.8 Å². The van der Waals surface area contributed by atoms with Gasteiger partial charge in [0.25, 0.3) is 0 Å². The third kappa shape index (κ3) is 6.42. The number of benzene rings is 5. The minimum Gasteiger partial charge on any atom is -0.508 e. The molecule has 0 aromatic heterocycles. The molecule has 0 aliphatic rings. The molecule has 0 atom stereocenters. The molecule has 5 rings (SSSR count). The van der Waals surface area contributed by atoms with E-state index in [0.717, 1.165) is 33.4 Å². The van der Waals surface area contributed by atoms with Gasteiger partial charge in [0, 0.05) is 0 Å². The molecule has 40 heavy (non-hydrogen) atoms. The van der Waals surface area contributed by atoms with E-state index < -0.39 is 5.97 Å². The fourth-order valence-electron chi connectivity index (χ4n) is 4.20. The second-order valence-electron chi connectivity index (χ2n) is 9.22. The third-order valence-electron chi connectivity index (χ3n) is 6.46. The second-order valence-corrected chi connectivity index (χ2v) is 9.22. The first-order chi connectivity index (χ1) is 19.5. The van der Waals surface area contributed by atoms with Crippen LogP contribution in [-0.2, 0) is 18.0 Å². The Hall–Kier alpha value is -5.23. The van der Waals surface area contributed by atoms with Crippen molar-refractivity contribution in [3.63, 3.8) is 0 Å². The summed E-state index contributed by atoms with van der Waals surface area (Å²) < 4.78 is 17.1. The number of hydrogen-bond acceptors (Lipinski definition) is 6. The second kappa shape index (κ2) is 12.1. The number of ether oxygens (including phenoxy) is 3. The number of methoxy groups -OCH3 is 1. The number of phenolic OH excluding ortho intramolecular Hbond substituents is 2. The highest BCUT2D eigenvalue weighted by Crippen LogP contribution is 2.31. The van der Waals surface area contributed by atoms with Crippen molar-refractivity contribution in [1.82, 2.24) is 0 Å². The number of carbonyl (C=O) groups is 1. The van der Waals surface area contributed by atoms with Gasteiger partial charge in [-0.05, 0) is 75.8 Å². The van der Waals surface area contributed by atoms with Gasteiger partial charge >= 0.3 is 5.97 Å². The quantitative estimate of drug-likeness (QED) is 0.193.